The number of rotatable bonds is 15. The lowest BCUT2D eigenvalue weighted by Crippen LogP contribution is -2.67. The van der Waals surface area contributed by atoms with Crippen LogP contribution in [0.5, 0.6) is 0 Å². The molecule has 0 aliphatic carbocycles. The van der Waals surface area contributed by atoms with Gasteiger partial charge in [0, 0.05) is 6.20 Å². The molecule has 1 amide bonds. The fraction of sp³-hybridized carbons (Fsp3) is 0.250. The van der Waals surface area contributed by atoms with E-state index in [9.17, 15) is 13.2 Å². The average Bonchev–Trinajstić information content (AvgIpc) is 3.18. The highest BCUT2D eigenvalue weighted by atomic mass is 32.2. The number of amides is 1. The Bertz CT molecular complexity index is 1890. The average molecular weight is 709 g/mol. The summed E-state index contributed by atoms with van der Waals surface area (Å²) in [5, 5.41) is 2.58. The minimum absolute atomic E-state index is 0.0288. The Kier molecular flexibility index (Phi) is 12.6. The number of hydrogen-bond acceptors (Lipinski definition) is 9. The molecule has 1 saturated heterocycles. The van der Waals surface area contributed by atoms with Crippen LogP contribution in [0, 0.1) is 0 Å². The number of sulfone groups is 1. The third-order valence-electron chi connectivity index (χ3n) is 8.34. The Morgan fingerprint density at radius 2 is 1.12 bits per heavy atom. The van der Waals surface area contributed by atoms with Crippen molar-refractivity contribution < 1.29 is 36.9 Å². The van der Waals surface area contributed by atoms with E-state index in [0.29, 0.717) is 0 Å². The van der Waals surface area contributed by atoms with Gasteiger partial charge in [-0.1, -0.05) is 127 Å². The number of hydrogen-bond donors (Lipinski definition) is 1. The smallest absolute Gasteiger partial charge is 0.407 e. The number of nitrogens with one attached hydrogen (secondary N) is 1. The second-order valence-electron chi connectivity index (χ2n) is 12.0. The fourth-order valence-corrected chi connectivity index (χ4v) is 7.40. The monoisotopic (exact) mass is 708 g/mol. The lowest BCUT2D eigenvalue weighted by atomic mass is 9.97. The van der Waals surface area contributed by atoms with E-state index in [-0.39, 0.29) is 38.1 Å². The lowest BCUT2D eigenvalue weighted by molar-refractivity contribution is -0.216. The SMILES string of the molecule is O=C(N[C@@H]1[C@@H](OCc2ccccc2)[C@@H](OCc2ccccc2)[C@@H](COCc2ccccc2)O[C@H]1S(=O)(=O)c1ccccn1)OCc1ccccc1. The lowest BCUT2D eigenvalue weighted by Gasteiger charge is -2.45. The molecule has 0 unspecified atom stereocenters. The number of nitrogens with zero attached hydrogens (tertiary/aromatic N) is 1. The zero-order chi connectivity index (χ0) is 35.3. The van der Waals surface area contributed by atoms with E-state index in [1.807, 2.05) is 121 Å². The zero-order valence-electron chi connectivity index (χ0n) is 27.9. The molecule has 5 atom stereocenters. The number of benzene rings is 4. The van der Waals surface area contributed by atoms with Gasteiger partial charge in [0.05, 0.1) is 26.4 Å². The Balaban J connectivity index is 1.36. The second kappa shape index (κ2) is 17.8. The summed E-state index contributed by atoms with van der Waals surface area (Å²) >= 11 is 0. The Morgan fingerprint density at radius 1 is 0.627 bits per heavy atom. The Hall–Kier alpha value is -4.91. The number of ether oxygens (including phenoxy) is 5. The van der Waals surface area contributed by atoms with E-state index in [0.717, 1.165) is 22.3 Å². The normalized spacial score (nSPS) is 20.4. The summed E-state index contributed by atoms with van der Waals surface area (Å²) < 4.78 is 60.1. The highest BCUT2D eigenvalue weighted by molar-refractivity contribution is 7.91. The maximum absolute atomic E-state index is 14.4. The van der Waals surface area contributed by atoms with Crippen LogP contribution < -0.4 is 5.32 Å². The number of aromatic nitrogens is 1. The first-order valence-corrected chi connectivity index (χ1v) is 18.2. The molecule has 2 heterocycles. The molecule has 1 fully saturated rings. The molecule has 11 heteroatoms. The van der Waals surface area contributed by atoms with Crippen LogP contribution in [-0.4, -0.2) is 55.9 Å². The van der Waals surface area contributed by atoms with Gasteiger partial charge in [0.15, 0.2) is 10.5 Å². The summed E-state index contributed by atoms with van der Waals surface area (Å²) in [5.74, 6) is 0. The standard InChI is InChI=1S/C40H40N2O8S/c43-40(49-28-33-21-11-4-12-22-33)42-36-38(48-27-32-19-9-3-10-20-32)37(47-26-31-17-7-2-8-18-31)34(29-46-25-30-15-5-1-6-16-30)50-39(36)51(44,45)35-23-13-14-24-41-35/h1-24,34,36-39H,25-29H2,(H,42,43)/t34-,36-,37+,38-,39+/m1/s1. The van der Waals surface area contributed by atoms with Crippen molar-refractivity contribution in [3.05, 3.63) is 168 Å². The molecule has 1 N–H and O–H groups in total. The van der Waals surface area contributed by atoms with Gasteiger partial charge in [-0.15, -0.1) is 0 Å². The van der Waals surface area contributed by atoms with Crippen LogP contribution in [0.3, 0.4) is 0 Å². The first-order valence-electron chi connectivity index (χ1n) is 16.7. The van der Waals surface area contributed by atoms with E-state index in [1.54, 1.807) is 12.1 Å². The second-order valence-corrected chi connectivity index (χ2v) is 14.0. The van der Waals surface area contributed by atoms with Crippen molar-refractivity contribution in [2.75, 3.05) is 6.61 Å². The Morgan fingerprint density at radius 3 is 1.65 bits per heavy atom. The van der Waals surface area contributed by atoms with Crippen molar-refractivity contribution in [1.29, 1.82) is 0 Å². The van der Waals surface area contributed by atoms with Crippen LogP contribution in [-0.2, 0) is 59.9 Å². The number of alkyl carbamates (subject to hydrolysis) is 1. The summed E-state index contributed by atoms with van der Waals surface area (Å²) in [4.78, 5) is 17.6. The molecule has 51 heavy (non-hydrogen) atoms. The predicted octanol–water partition coefficient (Wildman–Crippen LogP) is 6.26. The topological polar surface area (TPSA) is 122 Å². The van der Waals surface area contributed by atoms with Gasteiger partial charge in [-0.2, -0.15) is 0 Å². The van der Waals surface area contributed by atoms with Gasteiger partial charge in [0.2, 0.25) is 9.84 Å². The maximum atomic E-state index is 14.4. The molecule has 6 rings (SSSR count). The van der Waals surface area contributed by atoms with E-state index < -0.39 is 45.7 Å². The molecule has 1 aliphatic rings. The third kappa shape index (κ3) is 9.87. The molecule has 0 saturated carbocycles. The molecule has 1 aliphatic heterocycles. The van der Waals surface area contributed by atoms with E-state index >= 15 is 0 Å². The van der Waals surface area contributed by atoms with Gasteiger partial charge in [-0.05, 0) is 34.4 Å². The fourth-order valence-electron chi connectivity index (χ4n) is 5.79. The van der Waals surface area contributed by atoms with Gasteiger partial charge >= 0.3 is 6.09 Å². The zero-order valence-corrected chi connectivity index (χ0v) is 28.7. The van der Waals surface area contributed by atoms with Crippen LogP contribution in [0.4, 0.5) is 4.79 Å². The first-order chi connectivity index (χ1) is 25.0. The van der Waals surface area contributed by atoms with Crippen LogP contribution in [0.25, 0.3) is 0 Å². The van der Waals surface area contributed by atoms with Crippen molar-refractivity contribution in [3.63, 3.8) is 0 Å². The summed E-state index contributed by atoms with van der Waals surface area (Å²) in [6.45, 7) is 0.461. The quantitative estimate of drug-likeness (QED) is 0.134. The number of carbonyl (C=O) groups excluding carboxylic acids is 1. The molecular weight excluding hydrogens is 669 g/mol. The van der Waals surface area contributed by atoms with Crippen molar-refractivity contribution in [2.45, 2.75) is 61.2 Å². The highest BCUT2D eigenvalue weighted by Crippen LogP contribution is 2.33. The minimum atomic E-state index is -4.34. The molecule has 0 bridgehead atoms. The van der Waals surface area contributed by atoms with Gasteiger partial charge in [-0.3, -0.25) is 0 Å². The van der Waals surface area contributed by atoms with E-state index in [4.69, 9.17) is 23.7 Å². The van der Waals surface area contributed by atoms with Crippen LogP contribution >= 0.6 is 0 Å². The van der Waals surface area contributed by atoms with Crippen molar-refractivity contribution in [3.8, 4) is 0 Å². The summed E-state index contributed by atoms with van der Waals surface area (Å²) in [6, 6.07) is 41.2. The predicted molar refractivity (Wildman–Crippen MR) is 190 cm³/mol. The molecule has 10 nitrogen and oxygen atoms in total. The summed E-state index contributed by atoms with van der Waals surface area (Å²) in [6.07, 6.45) is -2.32. The van der Waals surface area contributed by atoms with Crippen LogP contribution in [0.1, 0.15) is 22.3 Å². The maximum Gasteiger partial charge on any atom is 0.407 e. The third-order valence-corrected chi connectivity index (χ3v) is 10.2. The number of carbonyl (C=O) groups is 1. The molecule has 0 radical (unpaired) electrons. The summed E-state index contributed by atoms with van der Waals surface area (Å²) in [5.41, 5.74) is 1.79. The minimum Gasteiger partial charge on any atom is -0.445 e. The first kappa shape index (κ1) is 35.9. The molecule has 4 aromatic carbocycles. The van der Waals surface area contributed by atoms with Crippen molar-refractivity contribution in [1.82, 2.24) is 10.3 Å². The largest absolute Gasteiger partial charge is 0.445 e. The molecule has 0 spiro atoms. The molecule has 264 valence electrons. The molecule has 1 aromatic heterocycles. The van der Waals surface area contributed by atoms with Crippen molar-refractivity contribution >= 4 is 15.9 Å². The van der Waals surface area contributed by atoms with Gasteiger partial charge < -0.3 is 29.0 Å². The van der Waals surface area contributed by atoms with Crippen LogP contribution in [0.15, 0.2) is 151 Å². The highest BCUT2D eigenvalue weighted by Gasteiger charge is 2.53. The number of pyridine rings is 1. The van der Waals surface area contributed by atoms with E-state index in [2.05, 4.69) is 10.3 Å². The van der Waals surface area contributed by atoms with Crippen molar-refractivity contribution in [2.24, 2.45) is 0 Å². The molecule has 5 aromatic rings. The summed E-state index contributed by atoms with van der Waals surface area (Å²) in [7, 11) is -4.34. The van der Waals surface area contributed by atoms with Gasteiger partial charge in [-0.25, -0.2) is 18.2 Å². The van der Waals surface area contributed by atoms with E-state index in [1.165, 1.54) is 12.3 Å². The van der Waals surface area contributed by atoms with Gasteiger partial charge in [0.1, 0.15) is 31.0 Å². The van der Waals surface area contributed by atoms with Gasteiger partial charge in [0.25, 0.3) is 0 Å². The van der Waals surface area contributed by atoms with Crippen LogP contribution in [0.2, 0.25) is 0 Å². The molecular formula is C40H40N2O8S. The Labute approximate surface area is 298 Å².